The second-order valence-corrected chi connectivity index (χ2v) is 6.08. The van der Waals surface area contributed by atoms with Gasteiger partial charge in [0.25, 0.3) is 5.91 Å². The van der Waals surface area contributed by atoms with Crippen LogP contribution in [-0.2, 0) is 0 Å². The maximum Gasteiger partial charge on any atom is 0.251 e. The molecule has 2 atom stereocenters. The fourth-order valence-corrected chi connectivity index (χ4v) is 2.61. The predicted octanol–water partition coefficient (Wildman–Crippen LogP) is 3.49. The van der Waals surface area contributed by atoms with Crippen molar-refractivity contribution in [1.29, 1.82) is 0 Å². The van der Waals surface area contributed by atoms with E-state index in [9.17, 15) is 9.90 Å². The summed E-state index contributed by atoms with van der Waals surface area (Å²) in [5.74, 6) is -0.108. The Hall–Kier alpha value is -1.39. The van der Waals surface area contributed by atoms with E-state index in [1.165, 1.54) is 0 Å². The Morgan fingerprint density at radius 3 is 2.55 bits per heavy atom. The van der Waals surface area contributed by atoms with Gasteiger partial charge in [0.05, 0.1) is 6.10 Å². The van der Waals surface area contributed by atoms with Crippen molar-refractivity contribution in [2.45, 2.75) is 32.4 Å². The third-order valence-corrected chi connectivity index (χ3v) is 3.63. The molecule has 0 bridgehead atoms. The minimum absolute atomic E-state index is 0.0527. The third kappa shape index (κ3) is 3.81. The summed E-state index contributed by atoms with van der Waals surface area (Å²) >= 11 is 3.43. The van der Waals surface area contributed by atoms with E-state index in [0.717, 1.165) is 15.2 Å². The van der Waals surface area contributed by atoms with Gasteiger partial charge in [0.1, 0.15) is 0 Å². The molecule has 4 heteroatoms. The molecule has 0 saturated carbocycles. The highest BCUT2D eigenvalue weighted by Gasteiger charge is 2.12. The van der Waals surface area contributed by atoms with Crippen molar-refractivity contribution in [3.63, 3.8) is 0 Å². The molecule has 0 heterocycles. The number of halogens is 1. The van der Waals surface area contributed by atoms with E-state index in [1.807, 2.05) is 43.3 Å². The zero-order valence-corrected chi connectivity index (χ0v) is 13.1. The molecule has 3 nitrogen and oxygen atoms in total. The highest BCUT2D eigenvalue weighted by Crippen LogP contribution is 2.21. The van der Waals surface area contributed by atoms with Crippen LogP contribution in [0, 0.1) is 0 Å². The fraction of sp³-hybridized carbons (Fsp3) is 0.312. The molecule has 2 aromatic carbocycles. The molecule has 0 spiro atoms. The van der Waals surface area contributed by atoms with Crippen molar-refractivity contribution in [2.75, 3.05) is 0 Å². The van der Waals surface area contributed by atoms with E-state index >= 15 is 0 Å². The van der Waals surface area contributed by atoms with Crippen LogP contribution in [0.15, 0.2) is 40.9 Å². The first-order chi connectivity index (χ1) is 9.45. The summed E-state index contributed by atoms with van der Waals surface area (Å²) in [5, 5.41) is 14.3. The molecule has 0 aromatic heterocycles. The number of nitrogens with one attached hydrogen (secondary N) is 1. The predicted molar refractivity (Wildman–Crippen MR) is 84.9 cm³/mol. The summed E-state index contributed by atoms with van der Waals surface area (Å²) in [6.45, 7) is 3.61. The second-order valence-electron chi connectivity index (χ2n) is 5.17. The molecule has 0 radical (unpaired) electrons. The highest BCUT2D eigenvalue weighted by molar-refractivity contribution is 9.10. The minimum Gasteiger partial charge on any atom is -0.393 e. The molecule has 2 unspecified atom stereocenters. The van der Waals surface area contributed by atoms with Gasteiger partial charge in [-0.2, -0.15) is 0 Å². The summed E-state index contributed by atoms with van der Waals surface area (Å²) < 4.78 is 1.02. The maximum absolute atomic E-state index is 12.1. The summed E-state index contributed by atoms with van der Waals surface area (Å²) in [5.41, 5.74) is 0.636. The number of hydrogen-bond donors (Lipinski definition) is 2. The Morgan fingerprint density at radius 1 is 1.20 bits per heavy atom. The number of carbonyl (C=O) groups is 1. The molecule has 106 valence electrons. The summed E-state index contributed by atoms with van der Waals surface area (Å²) in [6, 6.07) is 11.5. The Labute approximate surface area is 127 Å². The van der Waals surface area contributed by atoms with E-state index in [0.29, 0.717) is 12.0 Å². The molecule has 1 amide bonds. The fourth-order valence-electron chi connectivity index (χ4n) is 2.24. The number of aliphatic hydroxyl groups is 1. The van der Waals surface area contributed by atoms with Gasteiger partial charge >= 0.3 is 0 Å². The van der Waals surface area contributed by atoms with Gasteiger partial charge in [-0.05, 0) is 55.3 Å². The molecule has 2 aromatic rings. The lowest BCUT2D eigenvalue weighted by Gasteiger charge is -2.15. The molecule has 0 saturated heterocycles. The van der Waals surface area contributed by atoms with Gasteiger partial charge in [0.2, 0.25) is 0 Å². The van der Waals surface area contributed by atoms with Crippen molar-refractivity contribution in [3.8, 4) is 0 Å². The van der Waals surface area contributed by atoms with Gasteiger partial charge in [-0.15, -0.1) is 0 Å². The first-order valence-electron chi connectivity index (χ1n) is 6.64. The lowest BCUT2D eigenvalue weighted by molar-refractivity contribution is 0.0923. The van der Waals surface area contributed by atoms with Gasteiger partial charge in [0, 0.05) is 16.1 Å². The quantitative estimate of drug-likeness (QED) is 0.898. The van der Waals surface area contributed by atoms with Crippen molar-refractivity contribution in [2.24, 2.45) is 0 Å². The van der Waals surface area contributed by atoms with Crippen LogP contribution in [0.1, 0.15) is 30.6 Å². The van der Waals surface area contributed by atoms with Gasteiger partial charge in [-0.25, -0.2) is 0 Å². The standard InChI is InChI=1S/C16H18BrNO2/c1-10(7-11(2)19)18-16(20)14-4-3-13-9-15(17)6-5-12(13)8-14/h3-6,8-11,19H,7H2,1-2H3,(H,18,20). The third-order valence-electron chi connectivity index (χ3n) is 3.14. The van der Waals surface area contributed by atoms with Crippen LogP contribution < -0.4 is 5.32 Å². The van der Waals surface area contributed by atoms with Crippen molar-refractivity contribution >= 4 is 32.6 Å². The SMILES string of the molecule is CC(O)CC(C)NC(=O)c1ccc2cc(Br)ccc2c1. The Bertz CT molecular complexity index is 625. The van der Waals surface area contributed by atoms with Gasteiger partial charge in [-0.1, -0.05) is 28.1 Å². The second kappa shape index (κ2) is 6.37. The summed E-state index contributed by atoms with van der Waals surface area (Å²) in [7, 11) is 0. The molecule has 2 N–H and O–H groups in total. The van der Waals surface area contributed by atoms with Crippen molar-refractivity contribution < 1.29 is 9.90 Å². The zero-order valence-electron chi connectivity index (χ0n) is 11.6. The van der Waals surface area contributed by atoms with Crippen LogP contribution in [0.5, 0.6) is 0 Å². The van der Waals surface area contributed by atoms with E-state index in [4.69, 9.17) is 0 Å². The summed E-state index contributed by atoms with van der Waals surface area (Å²) in [4.78, 5) is 12.1. The number of benzene rings is 2. The highest BCUT2D eigenvalue weighted by atomic mass is 79.9. The van der Waals surface area contributed by atoms with Crippen LogP contribution in [0.4, 0.5) is 0 Å². The lowest BCUT2D eigenvalue weighted by atomic mass is 10.1. The van der Waals surface area contributed by atoms with Crippen LogP contribution in [0.2, 0.25) is 0 Å². The van der Waals surface area contributed by atoms with E-state index < -0.39 is 6.10 Å². The molecule has 0 aliphatic rings. The smallest absolute Gasteiger partial charge is 0.251 e. The minimum atomic E-state index is -0.417. The molecule has 20 heavy (non-hydrogen) atoms. The normalized spacial score (nSPS) is 14.0. The van der Waals surface area contributed by atoms with E-state index in [2.05, 4.69) is 21.2 Å². The molecular formula is C16H18BrNO2. The number of amides is 1. The van der Waals surface area contributed by atoms with Crippen LogP contribution >= 0.6 is 15.9 Å². The molecule has 2 rings (SSSR count). The summed E-state index contributed by atoms with van der Waals surface area (Å²) in [6.07, 6.45) is 0.131. The largest absolute Gasteiger partial charge is 0.393 e. The number of aliphatic hydroxyl groups excluding tert-OH is 1. The molecule has 0 aliphatic heterocycles. The van der Waals surface area contributed by atoms with Crippen LogP contribution in [-0.4, -0.2) is 23.2 Å². The topological polar surface area (TPSA) is 49.3 Å². The van der Waals surface area contributed by atoms with Gasteiger partial charge in [-0.3, -0.25) is 4.79 Å². The van der Waals surface area contributed by atoms with E-state index in [1.54, 1.807) is 6.92 Å². The van der Waals surface area contributed by atoms with Crippen molar-refractivity contribution in [3.05, 3.63) is 46.4 Å². The lowest BCUT2D eigenvalue weighted by Crippen LogP contribution is -2.34. The van der Waals surface area contributed by atoms with Crippen molar-refractivity contribution in [1.82, 2.24) is 5.32 Å². The number of carbonyl (C=O) groups excluding carboxylic acids is 1. The number of hydrogen-bond acceptors (Lipinski definition) is 2. The zero-order chi connectivity index (χ0) is 14.7. The Kier molecular flexibility index (Phi) is 4.78. The van der Waals surface area contributed by atoms with Gasteiger partial charge in [0.15, 0.2) is 0 Å². The number of rotatable bonds is 4. The Balaban J connectivity index is 2.16. The molecular weight excluding hydrogens is 318 g/mol. The Morgan fingerprint density at radius 2 is 1.85 bits per heavy atom. The first kappa shape index (κ1) is 15.0. The molecule has 0 aliphatic carbocycles. The average molecular weight is 336 g/mol. The first-order valence-corrected chi connectivity index (χ1v) is 7.43. The monoisotopic (exact) mass is 335 g/mol. The average Bonchev–Trinajstić information content (AvgIpc) is 2.36. The maximum atomic E-state index is 12.1. The van der Waals surface area contributed by atoms with E-state index in [-0.39, 0.29) is 11.9 Å². The van der Waals surface area contributed by atoms with Gasteiger partial charge < -0.3 is 10.4 Å². The molecule has 0 fully saturated rings. The van der Waals surface area contributed by atoms with Crippen LogP contribution in [0.25, 0.3) is 10.8 Å². The van der Waals surface area contributed by atoms with Crippen LogP contribution in [0.3, 0.4) is 0 Å². The number of fused-ring (bicyclic) bond motifs is 1.